The Morgan fingerprint density at radius 3 is 2.67 bits per heavy atom. The normalized spacial score (nSPS) is 31.2. The van der Waals surface area contributed by atoms with E-state index >= 15 is 0 Å². The maximum absolute atomic E-state index is 6.26. The summed E-state index contributed by atoms with van der Waals surface area (Å²) in [7, 11) is 1.78. The van der Waals surface area contributed by atoms with Crippen molar-refractivity contribution in [3.63, 3.8) is 0 Å². The van der Waals surface area contributed by atoms with Crippen LogP contribution in [-0.2, 0) is 4.74 Å². The molecule has 1 fully saturated rings. The first kappa shape index (κ1) is 13.0. The van der Waals surface area contributed by atoms with E-state index in [9.17, 15) is 0 Å². The summed E-state index contributed by atoms with van der Waals surface area (Å²) >= 11 is 0. The van der Waals surface area contributed by atoms with Gasteiger partial charge in [0, 0.05) is 13.2 Å². The lowest BCUT2D eigenvalue weighted by Crippen LogP contribution is -2.34. The molecule has 0 aromatic carbocycles. The maximum atomic E-state index is 6.26. The van der Waals surface area contributed by atoms with Crippen LogP contribution in [0.4, 0.5) is 0 Å². The van der Waals surface area contributed by atoms with E-state index in [1.807, 2.05) is 0 Å². The van der Waals surface area contributed by atoms with E-state index in [4.69, 9.17) is 10.5 Å². The third kappa shape index (κ3) is 4.52. The lowest BCUT2D eigenvalue weighted by atomic mass is 9.77. The molecule has 0 radical (unpaired) electrons. The molecule has 0 amide bonds. The van der Waals surface area contributed by atoms with Gasteiger partial charge >= 0.3 is 0 Å². The second kappa shape index (κ2) is 6.49. The molecule has 2 N–H and O–H groups in total. The summed E-state index contributed by atoms with van der Waals surface area (Å²) in [6.07, 6.45) is 8.03. The highest BCUT2D eigenvalue weighted by molar-refractivity contribution is 4.79. The van der Waals surface area contributed by atoms with Gasteiger partial charge in [-0.25, -0.2) is 0 Å². The zero-order valence-electron chi connectivity index (χ0n) is 10.5. The van der Waals surface area contributed by atoms with E-state index in [2.05, 4.69) is 13.8 Å². The summed E-state index contributed by atoms with van der Waals surface area (Å²) in [5, 5.41) is 0. The predicted octanol–water partition coefficient (Wildman–Crippen LogP) is 2.96. The van der Waals surface area contributed by atoms with Crippen LogP contribution in [0.25, 0.3) is 0 Å². The van der Waals surface area contributed by atoms with Crippen LogP contribution in [0.1, 0.15) is 52.4 Å². The maximum Gasteiger partial charge on any atom is 0.0543 e. The van der Waals surface area contributed by atoms with Crippen molar-refractivity contribution in [3.05, 3.63) is 0 Å². The summed E-state index contributed by atoms with van der Waals surface area (Å²) in [6.45, 7) is 4.48. The van der Waals surface area contributed by atoms with E-state index < -0.39 is 0 Å². The smallest absolute Gasteiger partial charge is 0.0543 e. The van der Waals surface area contributed by atoms with Gasteiger partial charge in [0.15, 0.2) is 0 Å². The second-order valence-electron chi connectivity index (χ2n) is 5.32. The first-order valence-electron chi connectivity index (χ1n) is 6.41. The summed E-state index contributed by atoms with van der Waals surface area (Å²) in [5.74, 6) is 1.65. The molecule has 1 rings (SSSR count). The minimum Gasteiger partial charge on any atom is -0.382 e. The third-order valence-corrected chi connectivity index (χ3v) is 3.89. The molecule has 1 aliphatic carbocycles. The van der Waals surface area contributed by atoms with Crippen LogP contribution in [0.3, 0.4) is 0 Å². The molecule has 1 saturated carbocycles. The Morgan fingerprint density at radius 2 is 2.07 bits per heavy atom. The topological polar surface area (TPSA) is 35.2 Å². The molecule has 4 atom stereocenters. The van der Waals surface area contributed by atoms with E-state index in [0.29, 0.717) is 12.1 Å². The van der Waals surface area contributed by atoms with E-state index in [1.165, 1.54) is 25.7 Å². The zero-order chi connectivity index (χ0) is 11.3. The van der Waals surface area contributed by atoms with Crippen molar-refractivity contribution in [2.24, 2.45) is 17.6 Å². The van der Waals surface area contributed by atoms with Crippen molar-refractivity contribution in [1.82, 2.24) is 0 Å². The number of hydrogen-bond acceptors (Lipinski definition) is 2. The minimum atomic E-state index is 0.358. The Bertz CT molecular complexity index is 172. The molecule has 0 aromatic heterocycles. The molecule has 1 aliphatic rings. The molecule has 2 heteroatoms. The summed E-state index contributed by atoms with van der Waals surface area (Å²) < 4.78 is 5.25. The molecular weight excluding hydrogens is 186 g/mol. The molecule has 0 aliphatic heterocycles. The van der Waals surface area contributed by atoms with Gasteiger partial charge in [-0.2, -0.15) is 0 Å². The van der Waals surface area contributed by atoms with Gasteiger partial charge in [-0.3, -0.25) is 0 Å². The standard InChI is InChI=1S/C13H27NO/c1-10-5-4-6-12(9-10)13(14)8-7-11(2)15-3/h10-13H,4-9,14H2,1-3H3. The monoisotopic (exact) mass is 213 g/mol. The molecule has 0 saturated heterocycles. The molecule has 90 valence electrons. The van der Waals surface area contributed by atoms with Crippen LogP contribution >= 0.6 is 0 Å². The lowest BCUT2D eigenvalue weighted by molar-refractivity contribution is 0.103. The van der Waals surface area contributed by atoms with Crippen LogP contribution < -0.4 is 5.73 Å². The molecule has 4 unspecified atom stereocenters. The third-order valence-electron chi connectivity index (χ3n) is 3.89. The average Bonchev–Trinajstić information content (AvgIpc) is 2.25. The Balaban J connectivity index is 2.23. The average molecular weight is 213 g/mol. The van der Waals surface area contributed by atoms with Crippen molar-refractivity contribution >= 4 is 0 Å². The van der Waals surface area contributed by atoms with Crippen LogP contribution in [0.15, 0.2) is 0 Å². The quantitative estimate of drug-likeness (QED) is 0.762. The van der Waals surface area contributed by atoms with Crippen LogP contribution in [0.5, 0.6) is 0 Å². The molecular formula is C13H27NO. The van der Waals surface area contributed by atoms with Gasteiger partial charge < -0.3 is 10.5 Å². The minimum absolute atomic E-state index is 0.358. The Morgan fingerprint density at radius 1 is 1.33 bits per heavy atom. The van der Waals surface area contributed by atoms with Crippen molar-refractivity contribution in [2.75, 3.05) is 7.11 Å². The molecule has 15 heavy (non-hydrogen) atoms. The number of rotatable bonds is 5. The van der Waals surface area contributed by atoms with Crippen molar-refractivity contribution in [1.29, 1.82) is 0 Å². The Hall–Kier alpha value is -0.0800. The Kier molecular flexibility index (Phi) is 5.62. The van der Waals surface area contributed by atoms with Gasteiger partial charge in [0.1, 0.15) is 0 Å². The van der Waals surface area contributed by atoms with Gasteiger partial charge in [-0.05, 0) is 44.4 Å². The first-order valence-corrected chi connectivity index (χ1v) is 6.41. The SMILES string of the molecule is COC(C)CCC(N)C1CCCC(C)C1. The molecule has 0 aromatic rings. The Labute approximate surface area is 94.6 Å². The largest absolute Gasteiger partial charge is 0.382 e. The fourth-order valence-electron chi connectivity index (χ4n) is 2.65. The first-order chi connectivity index (χ1) is 7.13. The summed E-state index contributed by atoms with van der Waals surface area (Å²) in [4.78, 5) is 0. The molecule has 0 spiro atoms. The molecule has 2 nitrogen and oxygen atoms in total. The number of methoxy groups -OCH3 is 1. The van der Waals surface area contributed by atoms with E-state index in [-0.39, 0.29) is 0 Å². The predicted molar refractivity (Wildman–Crippen MR) is 64.8 cm³/mol. The highest BCUT2D eigenvalue weighted by Gasteiger charge is 2.24. The zero-order valence-corrected chi connectivity index (χ0v) is 10.5. The fraction of sp³-hybridized carbons (Fsp3) is 1.00. The lowest BCUT2D eigenvalue weighted by Gasteiger charge is -2.31. The van der Waals surface area contributed by atoms with E-state index in [1.54, 1.807) is 7.11 Å². The van der Waals surface area contributed by atoms with Crippen molar-refractivity contribution in [3.8, 4) is 0 Å². The van der Waals surface area contributed by atoms with Gasteiger partial charge in [-0.1, -0.05) is 19.8 Å². The highest BCUT2D eigenvalue weighted by atomic mass is 16.5. The summed E-state index contributed by atoms with van der Waals surface area (Å²) in [6, 6.07) is 0.394. The van der Waals surface area contributed by atoms with Crippen LogP contribution in [0, 0.1) is 11.8 Å². The number of hydrogen-bond donors (Lipinski definition) is 1. The van der Waals surface area contributed by atoms with Crippen molar-refractivity contribution in [2.45, 2.75) is 64.5 Å². The van der Waals surface area contributed by atoms with Gasteiger partial charge in [0.25, 0.3) is 0 Å². The molecule has 0 heterocycles. The summed E-state index contributed by atoms with van der Waals surface area (Å²) in [5.41, 5.74) is 6.26. The van der Waals surface area contributed by atoms with Crippen molar-refractivity contribution < 1.29 is 4.74 Å². The van der Waals surface area contributed by atoms with Gasteiger partial charge in [0.05, 0.1) is 6.10 Å². The van der Waals surface area contributed by atoms with E-state index in [0.717, 1.165) is 24.7 Å². The number of nitrogens with two attached hydrogens (primary N) is 1. The van der Waals surface area contributed by atoms with Crippen LogP contribution in [0.2, 0.25) is 0 Å². The van der Waals surface area contributed by atoms with Gasteiger partial charge in [-0.15, -0.1) is 0 Å². The second-order valence-corrected chi connectivity index (χ2v) is 5.32. The molecule has 0 bridgehead atoms. The highest BCUT2D eigenvalue weighted by Crippen LogP contribution is 2.31. The number of ether oxygens (including phenoxy) is 1. The van der Waals surface area contributed by atoms with Gasteiger partial charge in [0.2, 0.25) is 0 Å². The fourth-order valence-corrected chi connectivity index (χ4v) is 2.65. The van der Waals surface area contributed by atoms with Crippen LogP contribution in [-0.4, -0.2) is 19.3 Å².